The van der Waals surface area contributed by atoms with Crippen molar-refractivity contribution >= 4 is 28.6 Å². The van der Waals surface area contributed by atoms with Crippen LogP contribution in [-0.2, 0) is 0 Å². The molecule has 2 aromatic heterocycles. The van der Waals surface area contributed by atoms with Gasteiger partial charge in [0.05, 0.1) is 16.7 Å². The monoisotopic (exact) mass is 320 g/mol. The largest absolute Gasteiger partial charge is 0.384 e. The number of aryl methyl sites for hydroxylation is 2. The second kappa shape index (κ2) is 6.85. The number of nitrogens with one attached hydrogen (secondary N) is 1. The number of aliphatic hydroxyl groups is 1. The van der Waals surface area contributed by atoms with Crippen LogP contribution in [0.15, 0.2) is 11.4 Å². The predicted octanol–water partition coefficient (Wildman–Crippen LogP) is 2.66. The predicted molar refractivity (Wildman–Crippen MR) is 85.8 cm³/mol. The van der Waals surface area contributed by atoms with Gasteiger partial charge in [-0.3, -0.25) is 4.79 Å². The average molecular weight is 320 g/mol. The second-order valence-corrected chi connectivity index (χ2v) is 6.65. The van der Waals surface area contributed by atoms with Gasteiger partial charge in [0, 0.05) is 10.4 Å². The van der Waals surface area contributed by atoms with E-state index >= 15 is 0 Å². The summed E-state index contributed by atoms with van der Waals surface area (Å²) in [7, 11) is 0. The molecule has 2 N–H and O–H groups in total. The molecule has 0 aliphatic rings. The van der Waals surface area contributed by atoms with Gasteiger partial charge in [-0.25, -0.2) is 4.98 Å². The highest BCUT2D eigenvalue weighted by molar-refractivity contribution is 7.12. The van der Waals surface area contributed by atoms with Crippen LogP contribution in [0.5, 0.6) is 0 Å². The number of hydrogen-bond donors (Lipinski definition) is 2. The summed E-state index contributed by atoms with van der Waals surface area (Å²) in [6.45, 7) is 5.64. The van der Waals surface area contributed by atoms with E-state index in [0.29, 0.717) is 10.4 Å². The normalized spacial score (nSPS) is 11.6. The Hall–Kier alpha value is -1.68. The van der Waals surface area contributed by atoms with Gasteiger partial charge in [0.15, 0.2) is 0 Å². The van der Waals surface area contributed by atoms with E-state index in [2.05, 4.69) is 22.1 Å². The van der Waals surface area contributed by atoms with Crippen LogP contribution in [0.25, 0.3) is 0 Å². The molecule has 4 nitrogen and oxygen atoms in total. The Morgan fingerprint density at radius 1 is 1.52 bits per heavy atom. The minimum absolute atomic E-state index is 0.0931. The van der Waals surface area contributed by atoms with Crippen LogP contribution in [-0.4, -0.2) is 22.6 Å². The number of carbonyl (C=O) groups excluding carboxylic acids is 1. The summed E-state index contributed by atoms with van der Waals surface area (Å²) in [6, 6.07) is 1.69. The van der Waals surface area contributed by atoms with Crippen molar-refractivity contribution < 1.29 is 9.90 Å². The van der Waals surface area contributed by atoms with E-state index in [1.807, 2.05) is 26.2 Å². The van der Waals surface area contributed by atoms with Gasteiger partial charge in [0.2, 0.25) is 0 Å². The summed E-state index contributed by atoms with van der Waals surface area (Å²) in [4.78, 5) is 18.4. The van der Waals surface area contributed by atoms with Crippen LogP contribution in [0.4, 0.5) is 0 Å². The number of aromatic nitrogens is 1. The molecule has 0 aliphatic heterocycles. The molecule has 2 aromatic rings. The molecule has 1 amide bonds. The van der Waals surface area contributed by atoms with Gasteiger partial charge < -0.3 is 10.4 Å². The Balaban J connectivity index is 2.15. The third kappa shape index (κ3) is 3.70. The van der Waals surface area contributed by atoms with Crippen molar-refractivity contribution in [2.45, 2.75) is 26.8 Å². The third-order valence-corrected chi connectivity index (χ3v) is 5.02. The number of rotatable bonds is 3. The molecule has 0 fully saturated rings. The molecule has 0 aliphatic carbocycles. The Morgan fingerprint density at radius 3 is 2.90 bits per heavy atom. The smallest absolute Gasteiger partial charge is 0.263 e. The molecule has 1 atom stereocenters. The average Bonchev–Trinajstić information content (AvgIpc) is 3.02. The summed E-state index contributed by atoms with van der Waals surface area (Å²) in [5.41, 5.74) is 1.60. The van der Waals surface area contributed by atoms with E-state index in [9.17, 15) is 4.79 Å². The minimum Gasteiger partial charge on any atom is -0.384 e. The number of hydrogen-bond acceptors (Lipinski definition) is 5. The Morgan fingerprint density at radius 2 is 2.29 bits per heavy atom. The molecule has 0 radical (unpaired) electrons. The Bertz CT molecular complexity index is 707. The molecule has 0 aromatic carbocycles. The standard InChI is InChI=1S/C15H16N2O2S2/c1-9-13(21-11(3)16-9)10(2)17-15(19)14-12(5-4-7-18)6-8-20-14/h6,8,10,18H,7H2,1-3H3,(H,17,19). The van der Waals surface area contributed by atoms with Crippen molar-refractivity contribution in [3.05, 3.63) is 37.5 Å². The van der Waals surface area contributed by atoms with Gasteiger partial charge in [-0.15, -0.1) is 22.7 Å². The van der Waals surface area contributed by atoms with E-state index in [-0.39, 0.29) is 18.6 Å². The maximum absolute atomic E-state index is 12.3. The van der Waals surface area contributed by atoms with Crippen molar-refractivity contribution in [3.63, 3.8) is 0 Å². The van der Waals surface area contributed by atoms with E-state index in [0.717, 1.165) is 15.6 Å². The van der Waals surface area contributed by atoms with Gasteiger partial charge in [-0.2, -0.15) is 0 Å². The van der Waals surface area contributed by atoms with E-state index < -0.39 is 0 Å². The quantitative estimate of drug-likeness (QED) is 0.855. The summed E-state index contributed by atoms with van der Waals surface area (Å²) >= 11 is 2.94. The first kappa shape index (κ1) is 15.7. The van der Waals surface area contributed by atoms with Gasteiger partial charge in [-0.05, 0) is 32.2 Å². The van der Waals surface area contributed by atoms with Crippen molar-refractivity contribution in [2.75, 3.05) is 6.61 Å². The van der Waals surface area contributed by atoms with Gasteiger partial charge in [-0.1, -0.05) is 11.8 Å². The zero-order chi connectivity index (χ0) is 15.4. The third-order valence-electron chi connectivity index (χ3n) is 2.85. The zero-order valence-corrected chi connectivity index (χ0v) is 13.7. The molecule has 21 heavy (non-hydrogen) atoms. The van der Waals surface area contributed by atoms with Crippen LogP contribution in [0.3, 0.4) is 0 Å². The molecule has 0 spiro atoms. The Labute approximate surface area is 131 Å². The molecule has 1 unspecified atom stereocenters. The molecule has 2 heterocycles. The first-order chi connectivity index (χ1) is 10.0. The van der Waals surface area contributed by atoms with Crippen molar-refractivity contribution in [3.8, 4) is 11.8 Å². The molecule has 6 heteroatoms. The fourth-order valence-corrected chi connectivity index (χ4v) is 3.68. The number of carbonyl (C=O) groups is 1. The van der Waals surface area contributed by atoms with Crippen LogP contribution in [0.2, 0.25) is 0 Å². The van der Waals surface area contributed by atoms with Crippen LogP contribution in [0.1, 0.15) is 43.8 Å². The maximum Gasteiger partial charge on any atom is 0.263 e. The SMILES string of the molecule is Cc1nc(C)c(C(C)NC(=O)c2sccc2C#CCO)s1. The highest BCUT2D eigenvalue weighted by Gasteiger charge is 2.18. The topological polar surface area (TPSA) is 62.2 Å². The van der Waals surface area contributed by atoms with Gasteiger partial charge in [0.25, 0.3) is 5.91 Å². The van der Waals surface area contributed by atoms with E-state index in [1.54, 1.807) is 17.4 Å². The number of thiophene rings is 1. The molecule has 0 saturated carbocycles. The molecule has 0 saturated heterocycles. The van der Waals surface area contributed by atoms with Crippen LogP contribution < -0.4 is 5.32 Å². The lowest BCUT2D eigenvalue weighted by Crippen LogP contribution is -2.26. The van der Waals surface area contributed by atoms with E-state index in [1.165, 1.54) is 11.3 Å². The molecule has 0 bridgehead atoms. The fourth-order valence-electron chi connectivity index (χ4n) is 1.99. The van der Waals surface area contributed by atoms with Crippen LogP contribution in [0, 0.1) is 25.7 Å². The molecule has 110 valence electrons. The summed E-state index contributed by atoms with van der Waals surface area (Å²) in [5.74, 6) is 5.21. The minimum atomic E-state index is -0.216. The molecular formula is C15H16N2O2S2. The molecule has 2 rings (SSSR count). The van der Waals surface area contributed by atoms with Crippen molar-refractivity contribution in [1.29, 1.82) is 0 Å². The molecular weight excluding hydrogens is 304 g/mol. The highest BCUT2D eigenvalue weighted by atomic mass is 32.1. The lowest BCUT2D eigenvalue weighted by molar-refractivity contribution is 0.0944. The Kier molecular flexibility index (Phi) is 5.12. The van der Waals surface area contributed by atoms with Crippen molar-refractivity contribution in [2.24, 2.45) is 0 Å². The number of nitrogens with zero attached hydrogens (tertiary/aromatic N) is 1. The fraction of sp³-hybridized carbons (Fsp3) is 0.333. The van der Waals surface area contributed by atoms with E-state index in [4.69, 9.17) is 5.11 Å². The summed E-state index contributed by atoms with van der Waals surface area (Å²) < 4.78 is 0. The van der Waals surface area contributed by atoms with Crippen molar-refractivity contribution in [1.82, 2.24) is 10.3 Å². The zero-order valence-electron chi connectivity index (χ0n) is 12.1. The van der Waals surface area contributed by atoms with Crippen LogP contribution >= 0.6 is 22.7 Å². The first-order valence-corrected chi connectivity index (χ1v) is 8.14. The lowest BCUT2D eigenvalue weighted by atomic mass is 10.2. The summed E-state index contributed by atoms with van der Waals surface area (Å²) in [5, 5.41) is 14.5. The second-order valence-electron chi connectivity index (χ2n) is 4.50. The first-order valence-electron chi connectivity index (χ1n) is 6.45. The summed E-state index contributed by atoms with van der Waals surface area (Å²) in [6.07, 6.45) is 0. The number of amides is 1. The lowest BCUT2D eigenvalue weighted by Gasteiger charge is -2.12. The van der Waals surface area contributed by atoms with Gasteiger partial charge >= 0.3 is 0 Å². The number of thiazole rings is 1. The number of aliphatic hydroxyl groups excluding tert-OH is 1. The highest BCUT2D eigenvalue weighted by Crippen LogP contribution is 2.25. The van der Waals surface area contributed by atoms with Gasteiger partial charge in [0.1, 0.15) is 11.5 Å². The maximum atomic E-state index is 12.3.